The summed E-state index contributed by atoms with van der Waals surface area (Å²) in [5.74, 6) is 1.02. The van der Waals surface area contributed by atoms with Crippen LogP contribution in [0.4, 0.5) is 5.13 Å². The van der Waals surface area contributed by atoms with E-state index >= 15 is 0 Å². The van der Waals surface area contributed by atoms with E-state index < -0.39 is 15.9 Å². The molecule has 0 fully saturated rings. The lowest BCUT2D eigenvalue weighted by molar-refractivity contribution is -0.111. The first-order valence-corrected chi connectivity index (χ1v) is 11.8. The molecule has 3 aromatic rings. The standard InChI is InChI=1S/C21H23N3O6S2/c1-5-22-32(26,27)14-7-8-15-18(12-14)31-21(23-15)24-19(25)9-6-13-10-16(28-2)20(30-4)17(11-13)29-3/h6-12,22H,5H2,1-4H3,(H,23,24,25)/b9-6+. The molecule has 0 bridgehead atoms. The molecule has 0 saturated heterocycles. The molecule has 0 aliphatic heterocycles. The van der Waals surface area contributed by atoms with Crippen LogP contribution in [0.25, 0.3) is 16.3 Å². The number of nitrogens with one attached hydrogen (secondary N) is 2. The van der Waals surface area contributed by atoms with Gasteiger partial charge in [-0.25, -0.2) is 18.1 Å². The van der Waals surface area contributed by atoms with Crippen molar-refractivity contribution in [2.75, 3.05) is 33.2 Å². The monoisotopic (exact) mass is 477 g/mol. The Balaban J connectivity index is 1.78. The Bertz CT molecular complexity index is 1240. The number of thiazole rings is 1. The van der Waals surface area contributed by atoms with Gasteiger partial charge in [-0.3, -0.25) is 10.1 Å². The number of ether oxygens (including phenoxy) is 3. The molecule has 1 aromatic heterocycles. The fraction of sp³-hybridized carbons (Fsp3) is 0.238. The molecule has 0 spiro atoms. The molecule has 3 rings (SSSR count). The van der Waals surface area contributed by atoms with Crippen LogP contribution in [0.5, 0.6) is 17.2 Å². The van der Waals surface area contributed by atoms with E-state index in [0.717, 1.165) is 0 Å². The molecular formula is C21H23N3O6S2. The number of carbonyl (C=O) groups is 1. The van der Waals surface area contributed by atoms with Crippen molar-refractivity contribution in [2.24, 2.45) is 0 Å². The summed E-state index contributed by atoms with van der Waals surface area (Å²) >= 11 is 1.19. The van der Waals surface area contributed by atoms with Gasteiger partial charge in [-0.1, -0.05) is 18.3 Å². The zero-order chi connectivity index (χ0) is 23.3. The largest absolute Gasteiger partial charge is 0.493 e. The molecule has 170 valence electrons. The Kier molecular flexibility index (Phi) is 7.33. The molecule has 0 aliphatic rings. The highest BCUT2D eigenvalue weighted by Gasteiger charge is 2.15. The number of hydrogen-bond donors (Lipinski definition) is 2. The van der Waals surface area contributed by atoms with Crippen molar-refractivity contribution in [3.8, 4) is 17.2 Å². The van der Waals surface area contributed by atoms with E-state index in [2.05, 4.69) is 15.0 Å². The first-order chi connectivity index (χ1) is 15.3. The minimum absolute atomic E-state index is 0.149. The van der Waals surface area contributed by atoms with Crippen LogP contribution in [-0.2, 0) is 14.8 Å². The smallest absolute Gasteiger partial charge is 0.250 e. The summed E-state index contributed by atoms with van der Waals surface area (Å²) in [7, 11) is 0.970. The number of methoxy groups -OCH3 is 3. The average Bonchev–Trinajstić information content (AvgIpc) is 3.18. The Morgan fingerprint density at radius 2 is 1.78 bits per heavy atom. The van der Waals surface area contributed by atoms with E-state index in [1.54, 1.807) is 31.2 Å². The minimum atomic E-state index is -3.57. The first-order valence-electron chi connectivity index (χ1n) is 9.50. The number of sulfonamides is 1. The van der Waals surface area contributed by atoms with Gasteiger partial charge >= 0.3 is 0 Å². The normalized spacial score (nSPS) is 11.6. The third kappa shape index (κ3) is 5.18. The molecular weight excluding hydrogens is 454 g/mol. The summed E-state index contributed by atoms with van der Waals surface area (Å²) in [5, 5.41) is 3.05. The Morgan fingerprint density at radius 1 is 1.09 bits per heavy atom. The third-order valence-corrected chi connectivity index (χ3v) is 6.83. The topological polar surface area (TPSA) is 116 Å². The number of nitrogens with zero attached hydrogens (tertiary/aromatic N) is 1. The van der Waals surface area contributed by atoms with Crippen LogP contribution in [0.1, 0.15) is 12.5 Å². The van der Waals surface area contributed by atoms with Gasteiger partial charge in [0, 0.05) is 12.6 Å². The maximum atomic E-state index is 12.4. The number of amides is 1. The number of rotatable bonds is 9. The lowest BCUT2D eigenvalue weighted by Crippen LogP contribution is -2.22. The van der Waals surface area contributed by atoms with Crippen LogP contribution in [0.3, 0.4) is 0 Å². The van der Waals surface area contributed by atoms with E-state index in [-0.39, 0.29) is 4.90 Å². The van der Waals surface area contributed by atoms with E-state index in [9.17, 15) is 13.2 Å². The van der Waals surface area contributed by atoms with Crippen molar-refractivity contribution in [2.45, 2.75) is 11.8 Å². The highest BCUT2D eigenvalue weighted by atomic mass is 32.2. The van der Waals surface area contributed by atoms with Crippen LogP contribution in [0, 0.1) is 0 Å². The van der Waals surface area contributed by atoms with Gasteiger partial charge in [-0.05, 0) is 42.0 Å². The Hall–Kier alpha value is -3.15. The second-order valence-corrected chi connectivity index (χ2v) is 9.23. The molecule has 0 aliphatic carbocycles. The number of fused-ring (bicyclic) bond motifs is 1. The number of hydrogen-bond acceptors (Lipinski definition) is 8. The van der Waals surface area contributed by atoms with Gasteiger partial charge in [0.1, 0.15) is 0 Å². The van der Waals surface area contributed by atoms with E-state index in [1.165, 1.54) is 50.9 Å². The summed E-state index contributed by atoms with van der Waals surface area (Å²) in [5.41, 5.74) is 1.27. The van der Waals surface area contributed by atoms with Crippen molar-refractivity contribution < 1.29 is 27.4 Å². The molecule has 0 atom stereocenters. The molecule has 2 aromatic carbocycles. The first kappa shape index (κ1) is 23.5. The van der Waals surface area contributed by atoms with Crippen LogP contribution < -0.4 is 24.2 Å². The Labute approximate surface area is 190 Å². The summed E-state index contributed by atoms with van der Waals surface area (Å²) in [6, 6.07) is 8.06. The second-order valence-electron chi connectivity index (χ2n) is 6.43. The fourth-order valence-corrected chi connectivity index (χ4v) is 4.97. The third-order valence-electron chi connectivity index (χ3n) is 4.35. The fourth-order valence-electron chi connectivity index (χ4n) is 2.92. The lowest BCUT2D eigenvalue weighted by atomic mass is 10.1. The van der Waals surface area contributed by atoms with E-state index in [0.29, 0.717) is 44.7 Å². The number of benzene rings is 2. The van der Waals surface area contributed by atoms with Crippen molar-refractivity contribution in [1.82, 2.24) is 9.71 Å². The molecule has 1 heterocycles. The summed E-state index contributed by atoms with van der Waals surface area (Å²) in [6.07, 6.45) is 2.96. The number of aromatic nitrogens is 1. The summed E-state index contributed by atoms with van der Waals surface area (Å²) in [4.78, 5) is 16.9. The van der Waals surface area contributed by atoms with Gasteiger partial charge in [0.2, 0.25) is 21.7 Å². The van der Waals surface area contributed by atoms with Gasteiger partial charge in [0.05, 0.1) is 36.4 Å². The van der Waals surface area contributed by atoms with Crippen molar-refractivity contribution in [1.29, 1.82) is 0 Å². The second kappa shape index (κ2) is 9.98. The van der Waals surface area contributed by atoms with Gasteiger partial charge in [-0.15, -0.1) is 0 Å². The molecule has 32 heavy (non-hydrogen) atoms. The molecule has 2 N–H and O–H groups in total. The quantitative estimate of drug-likeness (QED) is 0.455. The van der Waals surface area contributed by atoms with Crippen molar-refractivity contribution in [3.05, 3.63) is 42.0 Å². The molecule has 0 saturated carbocycles. The number of anilines is 1. The summed E-state index contributed by atoms with van der Waals surface area (Å²) in [6.45, 7) is 2.00. The summed E-state index contributed by atoms with van der Waals surface area (Å²) < 4.78 is 43.4. The van der Waals surface area contributed by atoms with Gasteiger partial charge in [-0.2, -0.15) is 0 Å². The predicted molar refractivity (Wildman–Crippen MR) is 124 cm³/mol. The predicted octanol–water partition coefficient (Wildman–Crippen LogP) is 3.27. The van der Waals surface area contributed by atoms with Crippen molar-refractivity contribution in [3.63, 3.8) is 0 Å². The zero-order valence-electron chi connectivity index (χ0n) is 18.0. The zero-order valence-corrected chi connectivity index (χ0v) is 19.6. The molecule has 11 heteroatoms. The van der Waals surface area contributed by atoms with Crippen LogP contribution >= 0.6 is 11.3 Å². The van der Waals surface area contributed by atoms with Crippen LogP contribution in [0.15, 0.2) is 41.3 Å². The average molecular weight is 478 g/mol. The van der Waals surface area contributed by atoms with Gasteiger partial charge < -0.3 is 14.2 Å². The van der Waals surface area contributed by atoms with Gasteiger partial charge in [0.15, 0.2) is 16.6 Å². The lowest BCUT2D eigenvalue weighted by Gasteiger charge is -2.12. The van der Waals surface area contributed by atoms with E-state index in [4.69, 9.17) is 14.2 Å². The van der Waals surface area contributed by atoms with Crippen LogP contribution in [-0.4, -0.2) is 47.2 Å². The molecule has 0 radical (unpaired) electrons. The van der Waals surface area contributed by atoms with Crippen LogP contribution in [0.2, 0.25) is 0 Å². The number of carbonyl (C=O) groups excluding carboxylic acids is 1. The highest BCUT2D eigenvalue weighted by Crippen LogP contribution is 2.38. The van der Waals surface area contributed by atoms with Gasteiger partial charge in [0.25, 0.3) is 0 Å². The Morgan fingerprint density at radius 3 is 2.38 bits per heavy atom. The van der Waals surface area contributed by atoms with E-state index in [1.807, 2.05) is 0 Å². The molecule has 0 unspecified atom stereocenters. The minimum Gasteiger partial charge on any atom is -0.493 e. The molecule has 9 nitrogen and oxygen atoms in total. The van der Waals surface area contributed by atoms with Crippen molar-refractivity contribution >= 4 is 48.7 Å². The highest BCUT2D eigenvalue weighted by molar-refractivity contribution is 7.89. The SMILES string of the molecule is CCNS(=O)(=O)c1ccc2nc(NC(=O)/C=C/c3cc(OC)c(OC)c(OC)c3)sc2c1. The maximum absolute atomic E-state index is 12.4. The molecule has 1 amide bonds. The maximum Gasteiger partial charge on any atom is 0.250 e.